The first kappa shape index (κ1) is 24.6. The van der Waals surface area contributed by atoms with Crippen molar-refractivity contribution in [3.8, 4) is 0 Å². The molecule has 0 spiro atoms. The maximum absolute atomic E-state index is 12.2. The molecule has 34 heavy (non-hydrogen) atoms. The Morgan fingerprint density at radius 2 is 1.79 bits per heavy atom. The van der Waals surface area contributed by atoms with Gasteiger partial charge in [-0.25, -0.2) is 4.79 Å². The predicted octanol–water partition coefficient (Wildman–Crippen LogP) is -0.537. The van der Waals surface area contributed by atoms with Gasteiger partial charge in [-0.15, -0.1) is 0 Å². The van der Waals surface area contributed by atoms with Gasteiger partial charge in [0.25, 0.3) is 0 Å². The first-order chi connectivity index (χ1) is 16.4. The molecule has 0 aromatic heterocycles. The predicted molar refractivity (Wildman–Crippen MR) is 116 cm³/mol. The summed E-state index contributed by atoms with van der Waals surface area (Å²) in [6.07, 6.45) is -1.72. The van der Waals surface area contributed by atoms with Gasteiger partial charge in [0.15, 0.2) is 6.29 Å². The fourth-order valence-electron chi connectivity index (χ4n) is 4.29. The standard InChI is InChI=1S/C24H28O10/c25-11-17-20(28)21(29)22(30)24(33-17)34-23-19-14(10-16(26)15(19)8-9-31-23)12-32-18(27)7-6-13-4-2-1-3-5-13/h1-10,15-17,19-26,28-30H,11-12H2/b7-6+/t15-,16+,17?,19+,20?,21?,22?,23-,24?/m0/s1. The van der Waals surface area contributed by atoms with E-state index in [2.05, 4.69) is 0 Å². The first-order valence-electron chi connectivity index (χ1n) is 11.0. The SMILES string of the molecule is O=C(/C=C/c1ccccc1)OCC1=C[C@@H](O)[C@@H]2C=CO[C@@H](OC3OC(CO)C(O)C(O)C3O)[C@H]12. The minimum absolute atomic E-state index is 0.123. The molecule has 3 aliphatic rings. The van der Waals surface area contributed by atoms with E-state index in [-0.39, 0.29) is 6.61 Å². The third-order valence-corrected chi connectivity index (χ3v) is 6.14. The van der Waals surface area contributed by atoms with Crippen molar-refractivity contribution in [2.24, 2.45) is 11.8 Å². The number of aliphatic hydroxyl groups is 5. The third kappa shape index (κ3) is 5.23. The molecule has 2 aliphatic heterocycles. The molecular weight excluding hydrogens is 448 g/mol. The molecule has 0 saturated carbocycles. The quantitative estimate of drug-likeness (QED) is 0.197. The van der Waals surface area contributed by atoms with E-state index in [0.29, 0.717) is 5.57 Å². The van der Waals surface area contributed by atoms with Crippen LogP contribution >= 0.6 is 0 Å². The molecule has 9 atom stereocenters. The zero-order valence-electron chi connectivity index (χ0n) is 18.2. The van der Waals surface area contributed by atoms with E-state index in [1.807, 2.05) is 30.3 Å². The molecule has 1 aliphatic carbocycles. The van der Waals surface area contributed by atoms with Crippen LogP contribution in [-0.4, -0.2) is 87.8 Å². The molecular formula is C24H28O10. The summed E-state index contributed by atoms with van der Waals surface area (Å²) in [6.45, 7) is -0.722. The topological polar surface area (TPSA) is 155 Å². The number of hydrogen-bond acceptors (Lipinski definition) is 10. The van der Waals surface area contributed by atoms with Crippen molar-refractivity contribution in [1.82, 2.24) is 0 Å². The van der Waals surface area contributed by atoms with E-state index in [9.17, 15) is 30.3 Å². The molecule has 5 unspecified atom stereocenters. The molecule has 5 N–H and O–H groups in total. The second-order valence-corrected chi connectivity index (χ2v) is 8.35. The van der Waals surface area contributed by atoms with Gasteiger partial charge in [0.05, 0.1) is 24.9 Å². The van der Waals surface area contributed by atoms with Crippen molar-refractivity contribution < 1.29 is 49.3 Å². The normalized spacial score (nSPS) is 37.2. The van der Waals surface area contributed by atoms with Crippen LogP contribution in [0.4, 0.5) is 0 Å². The minimum atomic E-state index is -1.61. The van der Waals surface area contributed by atoms with Crippen LogP contribution in [0.5, 0.6) is 0 Å². The van der Waals surface area contributed by atoms with Crippen molar-refractivity contribution in [3.63, 3.8) is 0 Å². The lowest BCUT2D eigenvalue weighted by atomic mass is 9.88. The van der Waals surface area contributed by atoms with Crippen LogP contribution in [0.15, 0.2) is 60.4 Å². The first-order valence-corrected chi connectivity index (χ1v) is 11.0. The molecule has 2 heterocycles. The summed E-state index contributed by atoms with van der Waals surface area (Å²) in [5.41, 5.74) is 1.40. The number of aliphatic hydroxyl groups excluding tert-OH is 5. The van der Waals surface area contributed by atoms with Crippen LogP contribution in [0.1, 0.15) is 5.56 Å². The van der Waals surface area contributed by atoms with Crippen LogP contribution in [-0.2, 0) is 23.7 Å². The van der Waals surface area contributed by atoms with E-state index < -0.39 is 67.5 Å². The van der Waals surface area contributed by atoms with Gasteiger partial charge in [0, 0.05) is 12.0 Å². The summed E-state index contributed by atoms with van der Waals surface area (Å²) in [7, 11) is 0. The Morgan fingerprint density at radius 1 is 1.03 bits per heavy atom. The van der Waals surface area contributed by atoms with Gasteiger partial charge >= 0.3 is 5.97 Å². The van der Waals surface area contributed by atoms with Gasteiger partial charge in [-0.1, -0.05) is 36.4 Å². The van der Waals surface area contributed by atoms with Gasteiger partial charge in [0.1, 0.15) is 31.0 Å². The Morgan fingerprint density at radius 3 is 2.53 bits per heavy atom. The smallest absolute Gasteiger partial charge is 0.331 e. The van der Waals surface area contributed by atoms with Crippen LogP contribution in [0.2, 0.25) is 0 Å². The fourth-order valence-corrected chi connectivity index (χ4v) is 4.29. The van der Waals surface area contributed by atoms with Crippen LogP contribution in [0.25, 0.3) is 6.08 Å². The van der Waals surface area contributed by atoms with Crippen molar-refractivity contribution >= 4 is 12.0 Å². The summed E-state index contributed by atoms with van der Waals surface area (Å²) in [6, 6.07) is 9.26. The van der Waals surface area contributed by atoms with Crippen molar-refractivity contribution in [2.75, 3.05) is 13.2 Å². The summed E-state index contributed by atoms with van der Waals surface area (Å²) in [5, 5.41) is 50.1. The highest BCUT2D eigenvalue weighted by Gasteiger charge is 2.49. The number of rotatable bonds is 7. The lowest BCUT2D eigenvalue weighted by Crippen LogP contribution is -2.60. The van der Waals surface area contributed by atoms with Gasteiger partial charge in [0.2, 0.25) is 6.29 Å². The van der Waals surface area contributed by atoms with E-state index >= 15 is 0 Å². The Kier molecular flexibility index (Phi) is 7.79. The number of benzene rings is 1. The molecule has 0 bridgehead atoms. The van der Waals surface area contributed by atoms with Gasteiger partial charge < -0.3 is 44.5 Å². The largest absolute Gasteiger partial charge is 0.472 e. The molecule has 0 radical (unpaired) electrons. The maximum atomic E-state index is 12.2. The number of esters is 1. The van der Waals surface area contributed by atoms with E-state index in [1.165, 1.54) is 12.3 Å². The number of carbonyl (C=O) groups excluding carboxylic acids is 1. The Balaban J connectivity index is 1.41. The Labute approximate surface area is 196 Å². The van der Waals surface area contributed by atoms with E-state index in [4.69, 9.17) is 18.9 Å². The zero-order chi connectivity index (χ0) is 24.2. The van der Waals surface area contributed by atoms with Crippen LogP contribution in [0, 0.1) is 11.8 Å². The highest BCUT2D eigenvalue weighted by molar-refractivity contribution is 5.87. The van der Waals surface area contributed by atoms with Crippen molar-refractivity contribution in [3.05, 3.63) is 66.0 Å². The highest BCUT2D eigenvalue weighted by atomic mass is 16.8. The van der Waals surface area contributed by atoms with Gasteiger partial charge in [-0.05, 0) is 23.3 Å². The lowest BCUT2D eigenvalue weighted by Gasteiger charge is -2.42. The monoisotopic (exact) mass is 476 g/mol. The van der Waals surface area contributed by atoms with Crippen molar-refractivity contribution in [2.45, 2.75) is 43.1 Å². The molecule has 0 amide bonds. The van der Waals surface area contributed by atoms with Crippen LogP contribution < -0.4 is 0 Å². The number of carbonyl (C=O) groups is 1. The molecule has 4 rings (SSSR count). The number of fused-ring (bicyclic) bond motifs is 1. The second kappa shape index (κ2) is 10.8. The lowest BCUT2D eigenvalue weighted by molar-refractivity contribution is -0.339. The third-order valence-electron chi connectivity index (χ3n) is 6.14. The summed E-state index contributed by atoms with van der Waals surface area (Å²) >= 11 is 0. The molecule has 10 nitrogen and oxygen atoms in total. The molecule has 1 aromatic rings. The Bertz CT molecular complexity index is 927. The summed E-state index contributed by atoms with van der Waals surface area (Å²) in [5.74, 6) is -1.57. The van der Waals surface area contributed by atoms with E-state index in [1.54, 1.807) is 18.2 Å². The zero-order valence-corrected chi connectivity index (χ0v) is 18.2. The fraction of sp³-hybridized carbons (Fsp3) is 0.458. The molecule has 1 aromatic carbocycles. The molecule has 184 valence electrons. The molecule has 1 saturated heterocycles. The molecule has 1 fully saturated rings. The van der Waals surface area contributed by atoms with Gasteiger partial charge in [-0.3, -0.25) is 0 Å². The number of hydrogen-bond donors (Lipinski definition) is 5. The minimum Gasteiger partial charge on any atom is -0.472 e. The summed E-state index contributed by atoms with van der Waals surface area (Å²) in [4.78, 5) is 12.2. The van der Waals surface area contributed by atoms with Crippen molar-refractivity contribution in [1.29, 1.82) is 0 Å². The summed E-state index contributed by atoms with van der Waals surface area (Å²) < 4.78 is 22.1. The number of ether oxygens (including phenoxy) is 4. The molecule has 10 heteroatoms. The van der Waals surface area contributed by atoms with Crippen LogP contribution in [0.3, 0.4) is 0 Å². The average molecular weight is 476 g/mol. The van der Waals surface area contributed by atoms with Gasteiger partial charge in [-0.2, -0.15) is 0 Å². The van der Waals surface area contributed by atoms with E-state index in [0.717, 1.165) is 5.56 Å². The highest BCUT2D eigenvalue weighted by Crippen LogP contribution is 2.41. The second-order valence-electron chi connectivity index (χ2n) is 8.35. The Hall–Kier alpha value is -2.57. The maximum Gasteiger partial charge on any atom is 0.331 e. The average Bonchev–Trinajstić information content (AvgIpc) is 3.18.